The van der Waals surface area contributed by atoms with Crippen LogP contribution in [0.1, 0.15) is 30.5 Å². The highest BCUT2D eigenvalue weighted by Crippen LogP contribution is 2.22. The molecule has 0 heterocycles. The highest BCUT2D eigenvalue weighted by atomic mass is 32.2. The van der Waals surface area contributed by atoms with Crippen molar-refractivity contribution in [1.82, 2.24) is 4.72 Å². The van der Waals surface area contributed by atoms with Crippen LogP contribution in [0.15, 0.2) is 53.4 Å². The van der Waals surface area contributed by atoms with Gasteiger partial charge in [-0.1, -0.05) is 25.1 Å². The molecule has 1 N–H and O–H groups in total. The highest BCUT2D eigenvalue weighted by molar-refractivity contribution is 7.89. The summed E-state index contributed by atoms with van der Waals surface area (Å²) in [7, 11) is -2.12. The first kappa shape index (κ1) is 17.0. The molecule has 2 aromatic rings. The Labute approximate surface area is 136 Å². The van der Waals surface area contributed by atoms with Crippen molar-refractivity contribution in [3.05, 3.63) is 59.7 Å². The van der Waals surface area contributed by atoms with Gasteiger partial charge in [0.15, 0.2) is 0 Å². The number of nitrogens with one attached hydrogen (secondary N) is 1. The Hall–Kier alpha value is -2.36. The fourth-order valence-electron chi connectivity index (χ4n) is 2.21. The van der Waals surface area contributed by atoms with Gasteiger partial charge in [-0.05, 0) is 42.3 Å². The van der Waals surface area contributed by atoms with E-state index in [4.69, 9.17) is 10.00 Å². The van der Waals surface area contributed by atoms with E-state index in [0.29, 0.717) is 17.7 Å². The van der Waals surface area contributed by atoms with E-state index < -0.39 is 10.0 Å². The number of nitrogens with zero attached hydrogens (tertiary/aromatic N) is 1. The molecule has 0 amide bonds. The number of hydrogen-bond acceptors (Lipinski definition) is 4. The third kappa shape index (κ3) is 4.09. The number of rotatable bonds is 6. The van der Waals surface area contributed by atoms with E-state index in [1.54, 1.807) is 31.4 Å². The minimum atomic E-state index is -3.70. The molecule has 0 aliphatic rings. The number of nitriles is 1. The van der Waals surface area contributed by atoms with Gasteiger partial charge in [0.2, 0.25) is 10.0 Å². The number of benzene rings is 2. The largest absolute Gasteiger partial charge is 0.497 e. The van der Waals surface area contributed by atoms with Crippen LogP contribution in [-0.4, -0.2) is 15.5 Å². The van der Waals surface area contributed by atoms with E-state index >= 15 is 0 Å². The predicted molar refractivity (Wildman–Crippen MR) is 87.5 cm³/mol. The monoisotopic (exact) mass is 330 g/mol. The maximum Gasteiger partial charge on any atom is 0.241 e. The van der Waals surface area contributed by atoms with Gasteiger partial charge >= 0.3 is 0 Å². The lowest BCUT2D eigenvalue weighted by Gasteiger charge is -2.18. The molecule has 5 nitrogen and oxygen atoms in total. The number of hydrogen-bond donors (Lipinski definition) is 1. The lowest BCUT2D eigenvalue weighted by Crippen LogP contribution is -2.28. The van der Waals surface area contributed by atoms with Crippen LogP contribution in [0.25, 0.3) is 0 Å². The molecule has 2 rings (SSSR count). The average Bonchev–Trinajstić information content (AvgIpc) is 2.60. The Balaban J connectivity index is 2.27. The van der Waals surface area contributed by atoms with Crippen LogP contribution >= 0.6 is 0 Å². The van der Waals surface area contributed by atoms with Crippen LogP contribution in [0, 0.1) is 11.3 Å². The zero-order valence-corrected chi connectivity index (χ0v) is 13.8. The van der Waals surface area contributed by atoms with E-state index in [1.807, 2.05) is 25.1 Å². The number of ether oxygens (including phenoxy) is 1. The van der Waals surface area contributed by atoms with Gasteiger partial charge in [0.1, 0.15) is 5.75 Å². The number of methoxy groups -OCH3 is 1. The Morgan fingerprint density at radius 2 is 1.91 bits per heavy atom. The lowest BCUT2D eigenvalue weighted by atomic mass is 10.1. The lowest BCUT2D eigenvalue weighted by molar-refractivity contribution is 0.414. The predicted octanol–water partition coefficient (Wildman–Crippen LogP) is 3.00. The van der Waals surface area contributed by atoms with Crippen molar-refractivity contribution in [3.63, 3.8) is 0 Å². The summed E-state index contributed by atoms with van der Waals surface area (Å²) < 4.78 is 32.8. The van der Waals surface area contributed by atoms with Crippen molar-refractivity contribution < 1.29 is 13.2 Å². The van der Waals surface area contributed by atoms with E-state index in [1.165, 1.54) is 12.1 Å². The van der Waals surface area contributed by atoms with Crippen LogP contribution in [0.3, 0.4) is 0 Å². The van der Waals surface area contributed by atoms with Gasteiger partial charge in [-0.15, -0.1) is 0 Å². The van der Waals surface area contributed by atoms with Gasteiger partial charge in [-0.3, -0.25) is 0 Å². The van der Waals surface area contributed by atoms with E-state index in [2.05, 4.69) is 4.72 Å². The highest BCUT2D eigenvalue weighted by Gasteiger charge is 2.20. The first-order valence-corrected chi connectivity index (χ1v) is 8.65. The number of sulfonamides is 1. The zero-order chi connectivity index (χ0) is 16.9. The van der Waals surface area contributed by atoms with Gasteiger partial charge in [0.05, 0.1) is 23.6 Å². The summed E-state index contributed by atoms with van der Waals surface area (Å²) >= 11 is 0. The van der Waals surface area contributed by atoms with Crippen molar-refractivity contribution >= 4 is 10.0 Å². The van der Waals surface area contributed by atoms with Gasteiger partial charge < -0.3 is 4.74 Å². The summed E-state index contributed by atoms with van der Waals surface area (Å²) in [5, 5.41) is 8.91. The van der Waals surface area contributed by atoms with Gasteiger partial charge in [0, 0.05) is 6.04 Å². The fourth-order valence-corrected chi connectivity index (χ4v) is 3.56. The molecule has 0 saturated carbocycles. The zero-order valence-electron chi connectivity index (χ0n) is 13.0. The molecule has 23 heavy (non-hydrogen) atoms. The van der Waals surface area contributed by atoms with Crippen LogP contribution < -0.4 is 9.46 Å². The molecule has 2 aromatic carbocycles. The first-order chi connectivity index (χ1) is 11.0. The maximum atomic E-state index is 12.5. The standard InChI is InChI=1S/C17H18N2O3S/c1-3-17(14-7-9-15(22-2)10-8-14)19-23(20,21)16-6-4-5-13(11-16)12-18/h4-11,17,19H,3H2,1-2H3. The Morgan fingerprint density at radius 3 is 2.48 bits per heavy atom. The van der Waals surface area contributed by atoms with E-state index in [-0.39, 0.29) is 10.9 Å². The molecular formula is C17H18N2O3S. The summed E-state index contributed by atoms with van der Waals surface area (Å²) in [6.45, 7) is 1.91. The van der Waals surface area contributed by atoms with Crippen molar-refractivity contribution in [2.75, 3.05) is 7.11 Å². The first-order valence-electron chi connectivity index (χ1n) is 7.16. The minimum Gasteiger partial charge on any atom is -0.497 e. The molecule has 0 saturated heterocycles. The smallest absolute Gasteiger partial charge is 0.241 e. The SMILES string of the molecule is CCC(NS(=O)(=O)c1cccc(C#N)c1)c1ccc(OC)cc1. The molecule has 0 fully saturated rings. The molecule has 120 valence electrons. The summed E-state index contributed by atoms with van der Waals surface area (Å²) in [6, 6.07) is 14.8. The summed E-state index contributed by atoms with van der Waals surface area (Å²) in [6.07, 6.45) is 0.601. The average molecular weight is 330 g/mol. The van der Waals surface area contributed by atoms with E-state index in [9.17, 15) is 8.42 Å². The van der Waals surface area contributed by atoms with E-state index in [0.717, 1.165) is 5.56 Å². The minimum absolute atomic E-state index is 0.0866. The summed E-state index contributed by atoms with van der Waals surface area (Å²) in [4.78, 5) is 0.0866. The third-order valence-electron chi connectivity index (χ3n) is 3.50. The Kier molecular flexibility index (Phi) is 5.37. The second-order valence-electron chi connectivity index (χ2n) is 4.99. The second kappa shape index (κ2) is 7.27. The van der Waals surface area contributed by atoms with Gasteiger partial charge in [0.25, 0.3) is 0 Å². The quantitative estimate of drug-likeness (QED) is 0.883. The molecule has 1 atom stereocenters. The summed E-state index contributed by atoms with van der Waals surface area (Å²) in [5.41, 5.74) is 1.17. The van der Waals surface area contributed by atoms with Crippen LogP contribution in [0.5, 0.6) is 5.75 Å². The molecule has 0 aromatic heterocycles. The molecule has 0 bridgehead atoms. The van der Waals surface area contributed by atoms with Gasteiger partial charge in [-0.25, -0.2) is 13.1 Å². The molecule has 0 aliphatic carbocycles. The van der Waals surface area contributed by atoms with Crippen LogP contribution in [-0.2, 0) is 10.0 Å². The van der Waals surface area contributed by atoms with Crippen molar-refractivity contribution in [3.8, 4) is 11.8 Å². The normalized spacial score (nSPS) is 12.4. The Bertz CT molecular complexity index is 808. The van der Waals surface area contributed by atoms with Crippen LogP contribution in [0.2, 0.25) is 0 Å². The topological polar surface area (TPSA) is 79.2 Å². The third-order valence-corrected chi connectivity index (χ3v) is 4.97. The summed E-state index contributed by atoms with van der Waals surface area (Å²) in [5.74, 6) is 0.716. The van der Waals surface area contributed by atoms with Crippen molar-refractivity contribution in [1.29, 1.82) is 5.26 Å². The molecule has 0 spiro atoms. The molecular weight excluding hydrogens is 312 g/mol. The Morgan fingerprint density at radius 1 is 1.22 bits per heavy atom. The van der Waals surface area contributed by atoms with Crippen molar-refractivity contribution in [2.45, 2.75) is 24.3 Å². The van der Waals surface area contributed by atoms with Crippen LogP contribution in [0.4, 0.5) is 0 Å². The maximum absolute atomic E-state index is 12.5. The fraction of sp³-hybridized carbons (Fsp3) is 0.235. The van der Waals surface area contributed by atoms with Crippen molar-refractivity contribution in [2.24, 2.45) is 0 Å². The molecule has 0 radical (unpaired) electrons. The van der Waals surface area contributed by atoms with Gasteiger partial charge in [-0.2, -0.15) is 5.26 Å². The second-order valence-corrected chi connectivity index (χ2v) is 6.71. The molecule has 6 heteroatoms. The molecule has 0 aliphatic heterocycles. The molecule has 1 unspecified atom stereocenters.